The van der Waals surface area contributed by atoms with Crippen molar-refractivity contribution in [1.29, 1.82) is 0 Å². The Morgan fingerprint density at radius 1 is 1.71 bits per heavy atom. The second-order valence-electron chi connectivity index (χ2n) is 3.72. The molecule has 3 nitrogen and oxygen atoms in total. The van der Waals surface area contributed by atoms with Crippen LogP contribution in [0.5, 0.6) is 0 Å². The van der Waals surface area contributed by atoms with E-state index in [1.54, 1.807) is 11.3 Å². The first-order valence-electron chi connectivity index (χ1n) is 4.82. The minimum Gasteiger partial charge on any atom is -0.327 e. The third-order valence-electron chi connectivity index (χ3n) is 2.45. The van der Waals surface area contributed by atoms with Gasteiger partial charge in [0.2, 0.25) is 0 Å². The zero-order valence-corrected chi connectivity index (χ0v) is 9.52. The first kappa shape index (κ1) is 10.4. The lowest BCUT2D eigenvalue weighted by molar-refractivity contribution is 0.203. The molecule has 78 valence electrons. The van der Waals surface area contributed by atoms with Gasteiger partial charge in [0, 0.05) is 30.2 Å². The van der Waals surface area contributed by atoms with Gasteiger partial charge in [-0.2, -0.15) is 0 Å². The van der Waals surface area contributed by atoms with E-state index in [2.05, 4.69) is 9.88 Å². The summed E-state index contributed by atoms with van der Waals surface area (Å²) in [6.07, 6.45) is 4.21. The fourth-order valence-electron chi connectivity index (χ4n) is 1.81. The molecule has 0 spiro atoms. The molecule has 2 rings (SSSR count). The van der Waals surface area contributed by atoms with E-state index in [4.69, 9.17) is 17.3 Å². The molecular weight excluding hydrogens is 218 g/mol. The second kappa shape index (κ2) is 4.57. The standard InChI is InChI=1S/C9H14ClN3S/c10-9-12-4-8(14-9)6-13-3-1-2-7(11)5-13/h4,7H,1-3,5-6,11H2/t7-/m1/s1. The molecule has 1 aromatic heterocycles. The summed E-state index contributed by atoms with van der Waals surface area (Å²) in [7, 11) is 0. The Kier molecular flexibility index (Phi) is 3.38. The van der Waals surface area contributed by atoms with Crippen molar-refractivity contribution in [2.24, 2.45) is 5.73 Å². The molecule has 0 aliphatic carbocycles. The highest BCUT2D eigenvalue weighted by Gasteiger charge is 2.17. The van der Waals surface area contributed by atoms with Crippen molar-refractivity contribution in [3.8, 4) is 0 Å². The molecule has 0 amide bonds. The van der Waals surface area contributed by atoms with Crippen LogP contribution < -0.4 is 5.73 Å². The number of nitrogens with two attached hydrogens (primary N) is 1. The van der Waals surface area contributed by atoms with Gasteiger partial charge in [-0.05, 0) is 19.4 Å². The van der Waals surface area contributed by atoms with Crippen LogP contribution in [0.3, 0.4) is 0 Å². The molecule has 0 saturated carbocycles. The van der Waals surface area contributed by atoms with Gasteiger partial charge in [-0.15, -0.1) is 11.3 Å². The second-order valence-corrected chi connectivity index (χ2v) is 5.41. The Hall–Kier alpha value is -0.160. The molecule has 1 saturated heterocycles. The molecule has 1 aliphatic heterocycles. The average molecular weight is 232 g/mol. The molecule has 2 N–H and O–H groups in total. The van der Waals surface area contributed by atoms with Gasteiger partial charge in [0.1, 0.15) is 0 Å². The molecule has 14 heavy (non-hydrogen) atoms. The van der Waals surface area contributed by atoms with E-state index in [-0.39, 0.29) is 0 Å². The predicted octanol–water partition coefficient (Wildman–Crippen LogP) is 1.72. The Bertz CT molecular complexity index is 302. The van der Waals surface area contributed by atoms with Gasteiger partial charge < -0.3 is 5.73 Å². The number of rotatable bonds is 2. The summed E-state index contributed by atoms with van der Waals surface area (Å²) in [5, 5.41) is 0. The number of hydrogen-bond acceptors (Lipinski definition) is 4. The largest absolute Gasteiger partial charge is 0.327 e. The Balaban J connectivity index is 1.90. The third-order valence-corrected chi connectivity index (χ3v) is 3.55. The van der Waals surface area contributed by atoms with Crippen LogP contribution in [0.1, 0.15) is 17.7 Å². The predicted molar refractivity (Wildman–Crippen MR) is 59.6 cm³/mol. The van der Waals surface area contributed by atoms with Crippen LogP contribution in [-0.2, 0) is 6.54 Å². The van der Waals surface area contributed by atoms with Gasteiger partial charge in [0.15, 0.2) is 4.47 Å². The zero-order chi connectivity index (χ0) is 9.97. The first-order chi connectivity index (χ1) is 6.74. The maximum absolute atomic E-state index is 5.90. The molecule has 1 aromatic rings. The lowest BCUT2D eigenvalue weighted by atomic mass is 10.1. The highest BCUT2D eigenvalue weighted by molar-refractivity contribution is 7.15. The molecule has 0 unspecified atom stereocenters. The molecule has 0 radical (unpaired) electrons. The lowest BCUT2D eigenvalue weighted by Gasteiger charge is -2.29. The van der Waals surface area contributed by atoms with Crippen LogP contribution in [0.15, 0.2) is 6.20 Å². The molecule has 1 atom stereocenters. The summed E-state index contributed by atoms with van der Waals surface area (Å²) >= 11 is 7.33. The van der Waals surface area contributed by atoms with Crippen molar-refractivity contribution in [2.45, 2.75) is 25.4 Å². The Morgan fingerprint density at radius 2 is 2.57 bits per heavy atom. The van der Waals surface area contributed by atoms with Crippen LogP contribution in [0.4, 0.5) is 0 Å². The van der Waals surface area contributed by atoms with Crippen molar-refractivity contribution in [3.05, 3.63) is 15.5 Å². The fraction of sp³-hybridized carbons (Fsp3) is 0.667. The highest BCUT2D eigenvalue weighted by Crippen LogP contribution is 2.20. The molecular formula is C9H14ClN3S. The molecule has 1 fully saturated rings. The van der Waals surface area contributed by atoms with Crippen molar-refractivity contribution in [3.63, 3.8) is 0 Å². The quantitative estimate of drug-likeness (QED) is 0.843. The van der Waals surface area contributed by atoms with Gasteiger partial charge in [-0.3, -0.25) is 4.90 Å². The topological polar surface area (TPSA) is 42.1 Å². The maximum Gasteiger partial charge on any atom is 0.183 e. The summed E-state index contributed by atoms with van der Waals surface area (Å²) in [6, 6.07) is 0.340. The number of hydrogen-bond donors (Lipinski definition) is 1. The van der Waals surface area contributed by atoms with E-state index in [1.165, 1.54) is 11.3 Å². The lowest BCUT2D eigenvalue weighted by Crippen LogP contribution is -2.42. The summed E-state index contributed by atoms with van der Waals surface area (Å²) in [4.78, 5) is 7.63. The van der Waals surface area contributed by atoms with Crippen LogP contribution in [0.25, 0.3) is 0 Å². The smallest absolute Gasteiger partial charge is 0.183 e. The Labute approximate surface area is 92.9 Å². The zero-order valence-electron chi connectivity index (χ0n) is 7.95. The number of likely N-dealkylation sites (tertiary alicyclic amines) is 1. The van der Waals surface area contributed by atoms with E-state index >= 15 is 0 Å². The summed E-state index contributed by atoms with van der Waals surface area (Å²) in [5.74, 6) is 0. The van der Waals surface area contributed by atoms with Crippen molar-refractivity contribution in [2.75, 3.05) is 13.1 Å². The van der Waals surface area contributed by atoms with E-state index in [9.17, 15) is 0 Å². The average Bonchev–Trinajstić information content (AvgIpc) is 2.51. The normalized spacial score (nSPS) is 24.0. The molecule has 1 aliphatic rings. The van der Waals surface area contributed by atoms with Gasteiger partial charge in [0.05, 0.1) is 0 Å². The molecule has 5 heteroatoms. The number of thiazole rings is 1. The molecule has 2 heterocycles. The third kappa shape index (κ3) is 2.67. The van der Waals surface area contributed by atoms with Gasteiger partial charge in [-0.25, -0.2) is 4.98 Å². The minimum atomic E-state index is 0.340. The Morgan fingerprint density at radius 3 is 3.21 bits per heavy atom. The van der Waals surface area contributed by atoms with Crippen molar-refractivity contribution < 1.29 is 0 Å². The SMILES string of the molecule is N[C@@H]1CCCN(Cc2cnc(Cl)s2)C1. The van der Waals surface area contributed by atoms with Gasteiger partial charge >= 0.3 is 0 Å². The molecule has 0 bridgehead atoms. The van der Waals surface area contributed by atoms with E-state index in [0.29, 0.717) is 10.5 Å². The van der Waals surface area contributed by atoms with E-state index in [1.807, 2.05) is 6.20 Å². The number of nitrogens with zero attached hydrogens (tertiary/aromatic N) is 2. The monoisotopic (exact) mass is 231 g/mol. The van der Waals surface area contributed by atoms with Crippen molar-refractivity contribution >= 4 is 22.9 Å². The number of piperidine rings is 1. The number of aromatic nitrogens is 1. The van der Waals surface area contributed by atoms with Gasteiger partial charge in [-0.1, -0.05) is 11.6 Å². The van der Waals surface area contributed by atoms with Gasteiger partial charge in [0.25, 0.3) is 0 Å². The molecule has 0 aromatic carbocycles. The van der Waals surface area contributed by atoms with Crippen LogP contribution in [0.2, 0.25) is 4.47 Å². The van der Waals surface area contributed by atoms with Crippen LogP contribution in [0, 0.1) is 0 Å². The minimum absolute atomic E-state index is 0.340. The summed E-state index contributed by atoms with van der Waals surface area (Å²) in [5.41, 5.74) is 5.90. The first-order valence-corrected chi connectivity index (χ1v) is 6.01. The summed E-state index contributed by atoms with van der Waals surface area (Å²) < 4.78 is 0.626. The fourth-order valence-corrected chi connectivity index (χ4v) is 2.83. The van der Waals surface area contributed by atoms with E-state index < -0.39 is 0 Å². The summed E-state index contributed by atoms with van der Waals surface area (Å²) in [6.45, 7) is 3.08. The van der Waals surface area contributed by atoms with Crippen LogP contribution in [-0.4, -0.2) is 29.0 Å². The van der Waals surface area contributed by atoms with E-state index in [0.717, 1.165) is 26.1 Å². The highest BCUT2D eigenvalue weighted by atomic mass is 35.5. The maximum atomic E-state index is 5.90. The van der Waals surface area contributed by atoms with Crippen LogP contribution >= 0.6 is 22.9 Å². The number of halogens is 1. The van der Waals surface area contributed by atoms with Crippen molar-refractivity contribution in [1.82, 2.24) is 9.88 Å².